The molecule has 0 aliphatic heterocycles. The molecule has 0 saturated carbocycles. The van der Waals surface area contributed by atoms with Crippen LogP contribution in [0.5, 0.6) is 0 Å². The number of carboxylic acids is 1. The van der Waals surface area contributed by atoms with E-state index in [1.165, 1.54) is 7.11 Å². The van der Waals surface area contributed by atoms with Crippen LogP contribution < -0.4 is 0 Å². The second-order valence-corrected chi connectivity index (χ2v) is 5.39. The van der Waals surface area contributed by atoms with Crippen molar-refractivity contribution in [2.24, 2.45) is 0 Å². The first-order valence-electron chi connectivity index (χ1n) is 4.43. The van der Waals surface area contributed by atoms with E-state index in [1.54, 1.807) is 0 Å². The molecule has 1 atom stereocenters. The van der Waals surface area contributed by atoms with Crippen molar-refractivity contribution >= 4 is 15.8 Å². The third-order valence-corrected chi connectivity index (χ3v) is 3.85. The van der Waals surface area contributed by atoms with Gasteiger partial charge in [-0.2, -0.15) is 0 Å². The molecule has 0 fully saturated rings. The van der Waals surface area contributed by atoms with Gasteiger partial charge in [-0.3, -0.25) is 4.79 Å². The van der Waals surface area contributed by atoms with E-state index in [4.69, 9.17) is 14.6 Å². The number of aliphatic carboxylic acids is 1. The van der Waals surface area contributed by atoms with Crippen LogP contribution in [0.25, 0.3) is 0 Å². The van der Waals surface area contributed by atoms with Gasteiger partial charge in [-0.1, -0.05) is 0 Å². The summed E-state index contributed by atoms with van der Waals surface area (Å²) in [5, 5.41) is 7.13. The molecule has 6 nitrogen and oxygen atoms in total. The molecule has 7 heteroatoms. The maximum Gasteiger partial charge on any atom is 0.321 e. The number of methoxy groups -OCH3 is 1. The predicted octanol–water partition coefficient (Wildman–Crippen LogP) is -0.463. The third kappa shape index (κ3) is 5.71. The fourth-order valence-electron chi connectivity index (χ4n) is 0.750. The van der Waals surface area contributed by atoms with Gasteiger partial charge in [0.1, 0.15) is 0 Å². The molecular weight excluding hydrogens is 224 g/mol. The minimum absolute atomic E-state index is 0.0106. The van der Waals surface area contributed by atoms with Crippen molar-refractivity contribution in [1.82, 2.24) is 0 Å². The minimum atomic E-state index is -3.61. The average Bonchev–Trinajstić information content (AvgIpc) is 2.16. The second kappa shape index (κ2) is 6.76. The normalized spacial score (nSPS) is 13.7. The number of carboxylic acid groups (broad SMARTS) is 1. The van der Waals surface area contributed by atoms with E-state index in [1.807, 2.05) is 0 Å². The molecule has 1 unspecified atom stereocenters. The Morgan fingerprint density at radius 2 is 1.93 bits per heavy atom. The molecule has 0 aromatic heterocycles. The van der Waals surface area contributed by atoms with Crippen molar-refractivity contribution in [2.75, 3.05) is 32.7 Å². The molecule has 0 saturated heterocycles. The van der Waals surface area contributed by atoms with Crippen molar-refractivity contribution in [3.63, 3.8) is 0 Å². The Morgan fingerprint density at radius 1 is 1.33 bits per heavy atom. The number of hydrogen-bond acceptors (Lipinski definition) is 5. The van der Waals surface area contributed by atoms with Gasteiger partial charge in [0.25, 0.3) is 0 Å². The van der Waals surface area contributed by atoms with Crippen LogP contribution in [0.3, 0.4) is 0 Å². The Labute approximate surface area is 89.1 Å². The lowest BCUT2D eigenvalue weighted by atomic mass is 10.5. The molecule has 90 valence electrons. The summed E-state index contributed by atoms with van der Waals surface area (Å²) in [6.45, 7) is 1.82. The summed E-state index contributed by atoms with van der Waals surface area (Å²) in [5.41, 5.74) is 0. The standard InChI is InChI=1S/C8H16O6S/c1-7(8(9)10)15(11,12)6-5-14-4-3-13-2/h7H,3-6H2,1-2H3,(H,9,10). The summed E-state index contributed by atoms with van der Waals surface area (Å²) in [4.78, 5) is 10.4. The largest absolute Gasteiger partial charge is 0.480 e. The van der Waals surface area contributed by atoms with Gasteiger partial charge < -0.3 is 14.6 Å². The highest BCUT2D eigenvalue weighted by atomic mass is 32.2. The summed E-state index contributed by atoms with van der Waals surface area (Å²) >= 11 is 0. The van der Waals surface area contributed by atoms with Crippen molar-refractivity contribution in [2.45, 2.75) is 12.2 Å². The molecule has 0 heterocycles. The maximum atomic E-state index is 11.3. The van der Waals surface area contributed by atoms with E-state index >= 15 is 0 Å². The van der Waals surface area contributed by atoms with E-state index in [2.05, 4.69) is 0 Å². The Kier molecular flexibility index (Phi) is 6.46. The monoisotopic (exact) mass is 240 g/mol. The summed E-state index contributed by atoms with van der Waals surface area (Å²) < 4.78 is 32.3. The molecule has 0 bridgehead atoms. The fourth-order valence-corrected chi connectivity index (χ4v) is 1.76. The van der Waals surface area contributed by atoms with Crippen LogP contribution in [-0.4, -0.2) is 57.4 Å². The topological polar surface area (TPSA) is 89.9 Å². The molecule has 1 N–H and O–H groups in total. The zero-order valence-electron chi connectivity index (χ0n) is 8.80. The molecule has 0 spiro atoms. The molecule has 0 radical (unpaired) electrons. The second-order valence-electron chi connectivity index (χ2n) is 2.95. The molecule has 0 aromatic rings. The van der Waals surface area contributed by atoms with E-state index in [0.717, 1.165) is 6.92 Å². The van der Waals surface area contributed by atoms with E-state index in [-0.39, 0.29) is 12.4 Å². The zero-order chi connectivity index (χ0) is 11.9. The third-order valence-electron chi connectivity index (χ3n) is 1.83. The Balaban J connectivity index is 3.90. The number of hydrogen-bond donors (Lipinski definition) is 1. The van der Waals surface area contributed by atoms with Crippen molar-refractivity contribution in [3.05, 3.63) is 0 Å². The van der Waals surface area contributed by atoms with Gasteiger partial charge in [-0.25, -0.2) is 8.42 Å². The van der Waals surface area contributed by atoms with Gasteiger partial charge in [0.15, 0.2) is 15.1 Å². The molecule has 0 aliphatic carbocycles. The molecule has 0 aromatic carbocycles. The maximum absolute atomic E-state index is 11.3. The van der Waals surface area contributed by atoms with Crippen LogP contribution >= 0.6 is 0 Å². The van der Waals surface area contributed by atoms with Crippen LogP contribution in [0.2, 0.25) is 0 Å². The van der Waals surface area contributed by atoms with E-state index in [9.17, 15) is 13.2 Å². The van der Waals surface area contributed by atoms with Gasteiger partial charge >= 0.3 is 5.97 Å². The van der Waals surface area contributed by atoms with Crippen molar-refractivity contribution in [1.29, 1.82) is 0 Å². The molecule has 0 amide bonds. The number of rotatable bonds is 8. The summed E-state index contributed by atoms with van der Waals surface area (Å²) in [6.07, 6.45) is 0. The molecule has 0 rings (SSSR count). The fraction of sp³-hybridized carbons (Fsp3) is 0.875. The van der Waals surface area contributed by atoms with Crippen molar-refractivity contribution in [3.8, 4) is 0 Å². The Morgan fingerprint density at radius 3 is 2.40 bits per heavy atom. The lowest BCUT2D eigenvalue weighted by molar-refractivity contribution is -0.136. The molecular formula is C8H16O6S. The lowest BCUT2D eigenvalue weighted by Crippen LogP contribution is -2.30. The van der Waals surface area contributed by atoms with Crippen LogP contribution in [-0.2, 0) is 24.1 Å². The van der Waals surface area contributed by atoms with Crippen LogP contribution in [0, 0.1) is 0 Å². The molecule has 15 heavy (non-hydrogen) atoms. The van der Waals surface area contributed by atoms with Crippen molar-refractivity contribution < 1.29 is 27.8 Å². The number of carbonyl (C=O) groups is 1. The van der Waals surface area contributed by atoms with Gasteiger partial charge in [-0.05, 0) is 6.92 Å². The van der Waals surface area contributed by atoms with Gasteiger partial charge in [0.2, 0.25) is 0 Å². The first kappa shape index (κ1) is 14.3. The minimum Gasteiger partial charge on any atom is -0.480 e. The SMILES string of the molecule is COCCOCCS(=O)(=O)C(C)C(=O)O. The van der Waals surface area contributed by atoms with E-state index < -0.39 is 21.1 Å². The summed E-state index contributed by atoms with van der Waals surface area (Å²) in [7, 11) is -2.11. The summed E-state index contributed by atoms with van der Waals surface area (Å²) in [6, 6.07) is 0. The van der Waals surface area contributed by atoms with Crippen LogP contribution in [0.4, 0.5) is 0 Å². The summed E-state index contributed by atoms with van der Waals surface area (Å²) in [5.74, 6) is -1.63. The zero-order valence-corrected chi connectivity index (χ0v) is 9.62. The quantitative estimate of drug-likeness (QED) is 0.577. The highest BCUT2D eigenvalue weighted by Crippen LogP contribution is 2.02. The highest BCUT2D eigenvalue weighted by Gasteiger charge is 2.26. The van der Waals surface area contributed by atoms with Gasteiger partial charge in [0, 0.05) is 7.11 Å². The first-order valence-corrected chi connectivity index (χ1v) is 6.14. The van der Waals surface area contributed by atoms with Crippen LogP contribution in [0.1, 0.15) is 6.92 Å². The lowest BCUT2D eigenvalue weighted by Gasteiger charge is -2.08. The smallest absolute Gasteiger partial charge is 0.321 e. The molecule has 0 aliphatic rings. The van der Waals surface area contributed by atoms with Gasteiger partial charge in [0.05, 0.1) is 25.6 Å². The average molecular weight is 240 g/mol. The first-order chi connectivity index (χ1) is 6.91. The van der Waals surface area contributed by atoms with Crippen LogP contribution in [0.15, 0.2) is 0 Å². The van der Waals surface area contributed by atoms with E-state index in [0.29, 0.717) is 13.2 Å². The number of sulfone groups is 1. The predicted molar refractivity (Wildman–Crippen MR) is 53.6 cm³/mol. The Bertz CT molecular complexity index is 284. The Hall–Kier alpha value is -0.660. The number of ether oxygens (including phenoxy) is 2. The highest BCUT2D eigenvalue weighted by molar-refractivity contribution is 7.92. The van der Waals surface area contributed by atoms with Gasteiger partial charge in [-0.15, -0.1) is 0 Å².